The molecule has 0 aliphatic carbocycles. The van der Waals surface area contributed by atoms with Gasteiger partial charge in [-0.2, -0.15) is 0 Å². The number of carbonyl (C=O) groups is 1. The topological polar surface area (TPSA) is 65.5 Å². The zero-order valence-corrected chi connectivity index (χ0v) is 17.4. The lowest BCUT2D eigenvalue weighted by atomic mass is 10.1. The molecular weight excluding hydrogens is 352 g/mol. The third-order valence-electron chi connectivity index (χ3n) is 5.90. The molecule has 0 unspecified atom stereocenters. The van der Waals surface area contributed by atoms with Crippen molar-refractivity contribution in [2.75, 3.05) is 44.2 Å². The van der Waals surface area contributed by atoms with Gasteiger partial charge in [0.1, 0.15) is 5.82 Å². The van der Waals surface area contributed by atoms with Crippen molar-refractivity contribution in [3.05, 3.63) is 23.1 Å². The molecule has 28 heavy (non-hydrogen) atoms. The second-order valence-corrected chi connectivity index (χ2v) is 8.27. The molecule has 1 amide bonds. The Kier molecular flexibility index (Phi) is 5.19. The third kappa shape index (κ3) is 3.55. The summed E-state index contributed by atoms with van der Waals surface area (Å²) in [6.07, 6.45) is 2.31. The molecule has 2 aliphatic rings. The highest BCUT2D eigenvalue weighted by molar-refractivity contribution is 5.97. The van der Waals surface area contributed by atoms with Crippen LogP contribution < -0.4 is 4.90 Å². The van der Waals surface area contributed by atoms with E-state index in [-0.39, 0.29) is 11.7 Å². The van der Waals surface area contributed by atoms with Gasteiger partial charge in [-0.05, 0) is 52.2 Å². The van der Waals surface area contributed by atoms with Gasteiger partial charge in [0.2, 0.25) is 5.82 Å². The Morgan fingerprint density at radius 3 is 2.29 bits per heavy atom. The van der Waals surface area contributed by atoms with Gasteiger partial charge < -0.3 is 9.80 Å². The van der Waals surface area contributed by atoms with E-state index in [0.29, 0.717) is 11.7 Å². The number of pyridine rings is 1. The smallest absolute Gasteiger partial charge is 0.291 e. The van der Waals surface area contributed by atoms with Crippen LogP contribution in [0.2, 0.25) is 0 Å². The van der Waals surface area contributed by atoms with Crippen LogP contribution in [-0.4, -0.2) is 76.0 Å². The zero-order chi connectivity index (χ0) is 19.8. The molecule has 0 aromatic carbocycles. The Bertz CT molecular complexity index is 882. The first-order valence-electron chi connectivity index (χ1n) is 10.4. The number of amides is 1. The molecule has 0 N–H and O–H groups in total. The van der Waals surface area contributed by atoms with Gasteiger partial charge in [-0.15, -0.1) is 0 Å². The predicted molar refractivity (Wildman–Crippen MR) is 111 cm³/mol. The van der Waals surface area contributed by atoms with E-state index in [2.05, 4.69) is 46.6 Å². The molecular formula is C21H30N6O. The molecule has 0 saturated carbocycles. The molecule has 7 nitrogen and oxygen atoms in total. The SMILES string of the molecule is Cc1cc(C)c2c(N3CCCC3)nc(C(=O)N3CCN(C(C)C)CC3)nc2n1. The molecule has 0 spiro atoms. The van der Waals surface area contributed by atoms with Crippen LogP contribution >= 0.6 is 0 Å². The number of aryl methyl sites for hydroxylation is 2. The van der Waals surface area contributed by atoms with E-state index in [1.807, 2.05) is 11.8 Å². The highest BCUT2D eigenvalue weighted by Gasteiger charge is 2.28. The van der Waals surface area contributed by atoms with E-state index in [1.165, 1.54) is 0 Å². The molecule has 2 aromatic rings. The number of nitrogens with zero attached hydrogens (tertiary/aromatic N) is 6. The van der Waals surface area contributed by atoms with Gasteiger partial charge >= 0.3 is 0 Å². The second kappa shape index (κ2) is 7.62. The van der Waals surface area contributed by atoms with Gasteiger partial charge in [0, 0.05) is 51.0 Å². The molecule has 7 heteroatoms. The summed E-state index contributed by atoms with van der Waals surface area (Å²) < 4.78 is 0. The van der Waals surface area contributed by atoms with Crippen molar-refractivity contribution in [2.24, 2.45) is 0 Å². The number of hydrogen-bond acceptors (Lipinski definition) is 6. The third-order valence-corrected chi connectivity index (χ3v) is 5.90. The normalized spacial score (nSPS) is 18.5. The van der Waals surface area contributed by atoms with E-state index in [4.69, 9.17) is 4.98 Å². The first kappa shape index (κ1) is 19.1. The minimum absolute atomic E-state index is 0.0771. The Morgan fingerprint density at radius 2 is 1.64 bits per heavy atom. The molecule has 4 heterocycles. The minimum Gasteiger partial charge on any atom is -0.356 e. The molecule has 2 saturated heterocycles. The quantitative estimate of drug-likeness (QED) is 0.812. The van der Waals surface area contributed by atoms with Gasteiger partial charge in [0.25, 0.3) is 5.91 Å². The Hall–Kier alpha value is -2.28. The highest BCUT2D eigenvalue weighted by Crippen LogP contribution is 2.29. The van der Waals surface area contributed by atoms with Crippen molar-refractivity contribution in [3.8, 4) is 0 Å². The predicted octanol–water partition coefficient (Wildman–Crippen LogP) is 2.41. The number of hydrogen-bond donors (Lipinski definition) is 0. The van der Waals surface area contributed by atoms with Crippen LogP contribution in [0.3, 0.4) is 0 Å². The number of piperazine rings is 1. The van der Waals surface area contributed by atoms with Crippen molar-refractivity contribution in [3.63, 3.8) is 0 Å². The maximum Gasteiger partial charge on any atom is 0.291 e. The molecule has 150 valence electrons. The van der Waals surface area contributed by atoms with Crippen LogP contribution in [0.25, 0.3) is 11.0 Å². The van der Waals surface area contributed by atoms with Gasteiger partial charge in [0.15, 0.2) is 5.65 Å². The molecule has 2 aromatic heterocycles. The van der Waals surface area contributed by atoms with Gasteiger partial charge in [-0.1, -0.05) is 0 Å². The summed E-state index contributed by atoms with van der Waals surface area (Å²) >= 11 is 0. The van der Waals surface area contributed by atoms with Crippen molar-refractivity contribution in [1.82, 2.24) is 24.8 Å². The van der Waals surface area contributed by atoms with Gasteiger partial charge in [0.05, 0.1) is 5.39 Å². The summed E-state index contributed by atoms with van der Waals surface area (Å²) in [5, 5.41) is 0.980. The van der Waals surface area contributed by atoms with Crippen molar-refractivity contribution < 1.29 is 4.79 Å². The summed E-state index contributed by atoms with van der Waals surface area (Å²) in [7, 11) is 0. The lowest BCUT2D eigenvalue weighted by Crippen LogP contribution is -2.51. The standard InChI is InChI=1S/C21H30N6O/c1-14(2)25-9-11-27(12-10-25)21(28)19-23-18-17(15(3)13-16(4)22-18)20(24-19)26-7-5-6-8-26/h13-14H,5-12H2,1-4H3. The van der Waals surface area contributed by atoms with Crippen molar-refractivity contribution in [2.45, 2.75) is 46.6 Å². The Balaban J connectivity index is 1.70. The average molecular weight is 383 g/mol. The largest absolute Gasteiger partial charge is 0.356 e. The van der Waals surface area contributed by atoms with Crippen LogP contribution in [0.1, 0.15) is 48.6 Å². The summed E-state index contributed by atoms with van der Waals surface area (Å²) in [5.74, 6) is 1.08. The second-order valence-electron chi connectivity index (χ2n) is 8.27. The van der Waals surface area contributed by atoms with Crippen LogP contribution in [-0.2, 0) is 0 Å². The van der Waals surface area contributed by atoms with Crippen LogP contribution in [0.5, 0.6) is 0 Å². The molecule has 2 aliphatic heterocycles. The minimum atomic E-state index is -0.0771. The number of anilines is 1. The summed E-state index contributed by atoms with van der Waals surface area (Å²) in [4.78, 5) is 33.8. The summed E-state index contributed by atoms with van der Waals surface area (Å²) in [6.45, 7) is 13.6. The Labute approximate surface area is 166 Å². The van der Waals surface area contributed by atoms with Crippen molar-refractivity contribution in [1.29, 1.82) is 0 Å². The fourth-order valence-electron chi connectivity index (χ4n) is 4.29. The van der Waals surface area contributed by atoms with Gasteiger partial charge in [-0.25, -0.2) is 15.0 Å². The fourth-order valence-corrected chi connectivity index (χ4v) is 4.29. The van der Waals surface area contributed by atoms with E-state index in [9.17, 15) is 4.79 Å². The number of carbonyl (C=O) groups excluding carboxylic acids is 1. The molecule has 0 bridgehead atoms. The maximum absolute atomic E-state index is 13.2. The zero-order valence-electron chi connectivity index (χ0n) is 17.4. The van der Waals surface area contributed by atoms with Crippen molar-refractivity contribution >= 4 is 22.8 Å². The number of aromatic nitrogens is 3. The summed E-state index contributed by atoms with van der Waals surface area (Å²) in [6, 6.07) is 2.57. The first-order chi connectivity index (χ1) is 13.4. The van der Waals surface area contributed by atoms with Gasteiger partial charge in [-0.3, -0.25) is 9.69 Å². The van der Waals surface area contributed by atoms with Crippen LogP contribution in [0.15, 0.2) is 6.07 Å². The molecule has 2 fully saturated rings. The monoisotopic (exact) mass is 382 g/mol. The molecule has 4 rings (SSSR count). The summed E-state index contributed by atoms with van der Waals surface area (Å²) in [5.41, 5.74) is 2.67. The van der Waals surface area contributed by atoms with E-state index in [1.54, 1.807) is 0 Å². The van der Waals surface area contributed by atoms with Crippen LogP contribution in [0.4, 0.5) is 5.82 Å². The highest BCUT2D eigenvalue weighted by atomic mass is 16.2. The lowest BCUT2D eigenvalue weighted by molar-refractivity contribution is 0.0584. The lowest BCUT2D eigenvalue weighted by Gasteiger charge is -2.36. The van der Waals surface area contributed by atoms with E-state index < -0.39 is 0 Å². The number of rotatable bonds is 3. The van der Waals surface area contributed by atoms with E-state index in [0.717, 1.165) is 74.6 Å². The Morgan fingerprint density at radius 1 is 0.964 bits per heavy atom. The average Bonchev–Trinajstić information content (AvgIpc) is 3.21. The van der Waals surface area contributed by atoms with E-state index >= 15 is 0 Å². The first-order valence-corrected chi connectivity index (χ1v) is 10.4. The fraction of sp³-hybridized carbons (Fsp3) is 0.619. The molecule has 0 radical (unpaired) electrons. The maximum atomic E-state index is 13.2. The van der Waals surface area contributed by atoms with Crippen LogP contribution in [0, 0.1) is 13.8 Å². The number of fused-ring (bicyclic) bond motifs is 1. The molecule has 0 atom stereocenters.